The number of esters is 1. The number of rotatable bonds is 6. The second-order valence-corrected chi connectivity index (χ2v) is 9.46. The summed E-state index contributed by atoms with van der Waals surface area (Å²) in [4.78, 5) is 47.6. The van der Waals surface area contributed by atoms with Crippen LogP contribution in [0, 0.1) is 13.8 Å². The molecule has 0 saturated carbocycles. The number of carbonyl (C=O) groups is 2. The largest absolute Gasteiger partial charge is 0.465 e. The van der Waals surface area contributed by atoms with Crippen molar-refractivity contribution >= 4 is 51.7 Å². The fourth-order valence-corrected chi connectivity index (χ4v) is 4.89. The van der Waals surface area contributed by atoms with E-state index in [-0.39, 0.29) is 22.6 Å². The number of aromatic nitrogens is 3. The number of thiophene rings is 1. The van der Waals surface area contributed by atoms with E-state index < -0.39 is 11.5 Å². The van der Waals surface area contributed by atoms with E-state index in [9.17, 15) is 14.4 Å². The molecule has 1 N–H and O–H groups in total. The predicted octanol–water partition coefficient (Wildman–Crippen LogP) is 4.19. The topological polar surface area (TPSA) is 103 Å². The molecule has 174 valence electrons. The number of methoxy groups -OCH3 is 1. The number of thioether (sulfide) groups is 1. The maximum Gasteiger partial charge on any atom is 0.338 e. The molecular weight excluding hydrogens is 472 g/mol. The van der Waals surface area contributed by atoms with Crippen LogP contribution >= 0.6 is 23.1 Å². The molecule has 1 amide bonds. The summed E-state index contributed by atoms with van der Waals surface area (Å²) in [5.74, 6) is -0.811. The number of hydrogen-bond acceptors (Lipinski definition) is 8. The Labute approximate surface area is 204 Å². The van der Waals surface area contributed by atoms with Crippen LogP contribution in [0.15, 0.2) is 51.7 Å². The molecule has 0 atom stereocenters. The highest BCUT2D eigenvalue weighted by molar-refractivity contribution is 7.99. The summed E-state index contributed by atoms with van der Waals surface area (Å²) in [6.45, 7) is 3.93. The van der Waals surface area contributed by atoms with Gasteiger partial charge in [-0.25, -0.2) is 9.78 Å². The molecule has 1 aromatic carbocycles. The van der Waals surface area contributed by atoms with E-state index in [2.05, 4.69) is 15.3 Å². The van der Waals surface area contributed by atoms with E-state index in [0.29, 0.717) is 16.5 Å². The number of nitrogens with one attached hydrogen (secondary N) is 1. The fourth-order valence-electron chi connectivity index (χ4n) is 3.45. The molecule has 3 heterocycles. The number of hydrogen-bond donors (Lipinski definition) is 1. The van der Waals surface area contributed by atoms with Crippen molar-refractivity contribution in [3.8, 4) is 10.6 Å². The monoisotopic (exact) mass is 494 g/mol. The van der Waals surface area contributed by atoms with Crippen molar-refractivity contribution in [2.24, 2.45) is 7.05 Å². The Morgan fingerprint density at radius 1 is 1.18 bits per heavy atom. The quantitative estimate of drug-likeness (QED) is 0.243. The fraction of sp³-hybridized carbons (Fsp3) is 0.208. The summed E-state index contributed by atoms with van der Waals surface area (Å²) in [5.41, 5.74) is 3.17. The third kappa shape index (κ3) is 4.59. The van der Waals surface area contributed by atoms with Crippen molar-refractivity contribution in [3.05, 3.63) is 68.8 Å². The Morgan fingerprint density at radius 2 is 1.97 bits per heavy atom. The first-order valence-electron chi connectivity index (χ1n) is 10.3. The van der Waals surface area contributed by atoms with E-state index in [0.717, 1.165) is 33.5 Å². The highest BCUT2D eigenvalue weighted by Crippen LogP contribution is 2.28. The third-order valence-electron chi connectivity index (χ3n) is 5.41. The molecular formula is C24H22N4O4S2. The number of amides is 1. The zero-order valence-electron chi connectivity index (χ0n) is 19.0. The number of fused-ring (bicyclic) bond motifs is 1. The van der Waals surface area contributed by atoms with Crippen molar-refractivity contribution in [2.75, 3.05) is 18.2 Å². The minimum atomic E-state index is -0.641. The van der Waals surface area contributed by atoms with Crippen molar-refractivity contribution in [1.82, 2.24) is 14.5 Å². The average Bonchev–Trinajstić information content (AvgIpc) is 3.37. The summed E-state index contributed by atoms with van der Waals surface area (Å²) < 4.78 is 6.52. The Morgan fingerprint density at radius 3 is 2.68 bits per heavy atom. The van der Waals surface area contributed by atoms with Gasteiger partial charge in [-0.15, -0.1) is 11.3 Å². The summed E-state index contributed by atoms with van der Waals surface area (Å²) >= 11 is 2.59. The van der Waals surface area contributed by atoms with E-state index in [1.807, 2.05) is 49.6 Å². The number of carbonyl (C=O) groups excluding carboxylic acids is 2. The molecule has 0 bridgehead atoms. The van der Waals surface area contributed by atoms with Crippen LogP contribution in [0.4, 0.5) is 5.69 Å². The van der Waals surface area contributed by atoms with Crippen molar-refractivity contribution in [2.45, 2.75) is 19.0 Å². The average molecular weight is 495 g/mol. The van der Waals surface area contributed by atoms with Crippen LogP contribution in [0.5, 0.6) is 0 Å². The van der Waals surface area contributed by atoms with Crippen molar-refractivity contribution in [3.63, 3.8) is 0 Å². The van der Waals surface area contributed by atoms with Gasteiger partial charge in [0.05, 0.1) is 34.4 Å². The van der Waals surface area contributed by atoms with Crippen LogP contribution in [0.25, 0.3) is 21.6 Å². The molecule has 0 spiro atoms. The first kappa shape index (κ1) is 23.7. The molecule has 10 heteroatoms. The van der Waals surface area contributed by atoms with E-state index in [4.69, 9.17) is 4.74 Å². The number of pyridine rings is 1. The zero-order valence-corrected chi connectivity index (χ0v) is 20.7. The summed E-state index contributed by atoms with van der Waals surface area (Å²) in [6, 6.07) is 11.0. The van der Waals surface area contributed by atoms with Crippen LogP contribution in [0.1, 0.15) is 21.5 Å². The standard InChI is InChI=1S/C24H22N4O4S2/c1-13-7-5-8-16(14(13)2)25-19(29)12-34-24-27-22(30)20-15(23(31)32-4)11-17(18-9-6-10-33-18)26-21(20)28(24)3/h5-11H,12H2,1-4H3,(H,25,29). The van der Waals surface area contributed by atoms with Crippen LogP contribution in [-0.4, -0.2) is 39.3 Å². The Hall–Kier alpha value is -3.50. The zero-order chi connectivity index (χ0) is 24.4. The second-order valence-electron chi connectivity index (χ2n) is 7.57. The maximum atomic E-state index is 12.9. The first-order chi connectivity index (χ1) is 16.3. The lowest BCUT2D eigenvalue weighted by Gasteiger charge is -2.13. The van der Waals surface area contributed by atoms with Gasteiger partial charge in [0.15, 0.2) is 5.16 Å². The van der Waals surface area contributed by atoms with Crippen LogP contribution in [0.3, 0.4) is 0 Å². The predicted molar refractivity (Wildman–Crippen MR) is 135 cm³/mol. The molecule has 0 radical (unpaired) electrons. The minimum Gasteiger partial charge on any atom is -0.465 e. The summed E-state index contributed by atoms with van der Waals surface area (Å²) in [7, 11) is 2.96. The maximum absolute atomic E-state index is 12.9. The number of nitrogens with zero attached hydrogens (tertiary/aromatic N) is 3. The van der Waals surface area contributed by atoms with E-state index in [1.165, 1.54) is 18.4 Å². The molecule has 0 saturated heterocycles. The minimum absolute atomic E-state index is 0.0492. The molecule has 34 heavy (non-hydrogen) atoms. The highest BCUT2D eigenvalue weighted by atomic mass is 32.2. The number of aryl methyl sites for hydroxylation is 2. The normalized spacial score (nSPS) is 10.9. The molecule has 3 aromatic heterocycles. The van der Waals surface area contributed by atoms with Gasteiger partial charge in [-0.3, -0.25) is 9.59 Å². The van der Waals surface area contributed by atoms with Crippen LogP contribution < -0.4 is 10.9 Å². The van der Waals surface area contributed by atoms with Gasteiger partial charge in [0.1, 0.15) is 5.65 Å². The van der Waals surface area contributed by atoms with Gasteiger partial charge < -0.3 is 14.6 Å². The summed E-state index contributed by atoms with van der Waals surface area (Å²) in [5, 5.41) is 5.21. The van der Waals surface area contributed by atoms with Gasteiger partial charge in [0, 0.05) is 12.7 Å². The molecule has 8 nitrogen and oxygen atoms in total. The first-order valence-corrected chi connectivity index (χ1v) is 12.2. The highest BCUT2D eigenvalue weighted by Gasteiger charge is 2.21. The van der Waals surface area contributed by atoms with Gasteiger partial charge in [0.2, 0.25) is 5.91 Å². The molecule has 0 unspecified atom stereocenters. The number of benzene rings is 1. The molecule has 0 fully saturated rings. The second kappa shape index (κ2) is 9.78. The smallest absolute Gasteiger partial charge is 0.338 e. The van der Waals surface area contributed by atoms with Gasteiger partial charge >= 0.3 is 5.97 Å². The summed E-state index contributed by atoms with van der Waals surface area (Å²) in [6.07, 6.45) is 0. The Bertz CT molecular complexity index is 1460. The Kier molecular flexibility index (Phi) is 6.80. The van der Waals surface area contributed by atoms with Gasteiger partial charge in [-0.1, -0.05) is 30.0 Å². The van der Waals surface area contributed by atoms with Crippen molar-refractivity contribution in [1.29, 1.82) is 0 Å². The van der Waals surface area contributed by atoms with E-state index >= 15 is 0 Å². The van der Waals surface area contributed by atoms with Gasteiger partial charge in [-0.05, 0) is 48.6 Å². The lowest BCUT2D eigenvalue weighted by Crippen LogP contribution is -2.21. The van der Waals surface area contributed by atoms with Crippen LogP contribution in [-0.2, 0) is 16.6 Å². The number of ether oxygens (including phenoxy) is 1. The van der Waals surface area contributed by atoms with E-state index in [1.54, 1.807) is 17.7 Å². The molecule has 0 aliphatic heterocycles. The lowest BCUT2D eigenvalue weighted by molar-refractivity contribution is -0.113. The lowest BCUT2D eigenvalue weighted by atomic mass is 10.1. The molecule has 0 aliphatic rings. The van der Waals surface area contributed by atoms with Crippen molar-refractivity contribution < 1.29 is 14.3 Å². The number of anilines is 1. The van der Waals surface area contributed by atoms with Crippen LogP contribution in [0.2, 0.25) is 0 Å². The molecule has 4 rings (SSSR count). The third-order valence-corrected chi connectivity index (χ3v) is 7.33. The molecule has 0 aliphatic carbocycles. The van der Waals surface area contributed by atoms with Gasteiger partial charge in [-0.2, -0.15) is 4.98 Å². The SMILES string of the molecule is COC(=O)c1cc(-c2cccs2)nc2c1c(=O)nc(SCC(=O)Nc1cccc(C)c1C)n2C. The van der Waals surface area contributed by atoms with Gasteiger partial charge in [0.25, 0.3) is 5.56 Å². The molecule has 4 aromatic rings. The Balaban J connectivity index is 1.69.